The van der Waals surface area contributed by atoms with Crippen molar-refractivity contribution in [3.63, 3.8) is 0 Å². The summed E-state index contributed by atoms with van der Waals surface area (Å²) in [6.45, 7) is 4.23. The van der Waals surface area contributed by atoms with Crippen LogP contribution in [-0.2, 0) is 11.3 Å². The van der Waals surface area contributed by atoms with E-state index in [4.69, 9.17) is 9.47 Å². The van der Waals surface area contributed by atoms with Crippen LogP contribution in [0, 0.1) is 0 Å². The summed E-state index contributed by atoms with van der Waals surface area (Å²) in [5.74, 6) is 0.772. The van der Waals surface area contributed by atoms with E-state index in [1.165, 1.54) is 0 Å². The molecule has 2 aliphatic heterocycles. The fourth-order valence-corrected chi connectivity index (χ4v) is 3.70. The summed E-state index contributed by atoms with van der Waals surface area (Å²) in [5.41, 5.74) is 1.77. The van der Waals surface area contributed by atoms with Crippen molar-refractivity contribution in [2.45, 2.75) is 38.0 Å². The van der Waals surface area contributed by atoms with Gasteiger partial charge in [-0.1, -0.05) is 6.07 Å². The zero-order valence-corrected chi connectivity index (χ0v) is 16.0. The van der Waals surface area contributed by atoms with Crippen LogP contribution >= 0.6 is 0 Å². The number of nitrogens with zero attached hydrogens (tertiary/aromatic N) is 2. The number of nitrogens with one attached hydrogen (secondary N) is 1. The normalized spacial score (nSPS) is 20.8. The maximum atomic E-state index is 12.3. The van der Waals surface area contributed by atoms with Gasteiger partial charge in [0.1, 0.15) is 11.9 Å². The number of aromatic nitrogens is 1. The lowest BCUT2D eigenvalue weighted by molar-refractivity contribution is 0.0928. The largest absolute Gasteiger partial charge is 0.490 e. The lowest BCUT2D eigenvalue weighted by atomic mass is 10.1. The molecule has 2 aliphatic rings. The van der Waals surface area contributed by atoms with E-state index in [1.54, 1.807) is 0 Å². The molecular formula is C22H27N3O3. The minimum Gasteiger partial charge on any atom is -0.490 e. The minimum atomic E-state index is -0.0510. The molecule has 0 saturated carbocycles. The molecule has 2 saturated heterocycles. The fourth-order valence-electron chi connectivity index (χ4n) is 3.70. The van der Waals surface area contributed by atoms with Gasteiger partial charge in [0.25, 0.3) is 5.91 Å². The molecule has 2 aromatic rings. The molecule has 148 valence electrons. The zero-order valence-electron chi connectivity index (χ0n) is 16.0. The maximum absolute atomic E-state index is 12.3. The van der Waals surface area contributed by atoms with Gasteiger partial charge in [-0.2, -0.15) is 0 Å². The van der Waals surface area contributed by atoms with Crippen LogP contribution in [0.5, 0.6) is 5.75 Å². The summed E-state index contributed by atoms with van der Waals surface area (Å²) in [6, 6.07) is 13.6. The molecule has 0 bridgehead atoms. The third-order valence-electron chi connectivity index (χ3n) is 5.33. The van der Waals surface area contributed by atoms with Crippen LogP contribution in [-0.4, -0.2) is 54.2 Å². The van der Waals surface area contributed by atoms with E-state index in [0.29, 0.717) is 12.2 Å². The second kappa shape index (κ2) is 9.17. The SMILES string of the molecule is O=C(N[C@@H]1CCOC1)c1ccc(OC2CCN(Cc3ccccn3)CC2)cc1. The average molecular weight is 381 g/mol. The summed E-state index contributed by atoms with van der Waals surface area (Å²) in [4.78, 5) is 19.1. The molecule has 1 N–H and O–H groups in total. The van der Waals surface area contributed by atoms with Crippen LogP contribution in [0.4, 0.5) is 0 Å². The van der Waals surface area contributed by atoms with Crippen LogP contribution < -0.4 is 10.1 Å². The first-order valence-corrected chi connectivity index (χ1v) is 10.0. The van der Waals surface area contributed by atoms with Gasteiger partial charge in [0.15, 0.2) is 0 Å². The molecule has 0 radical (unpaired) electrons. The van der Waals surface area contributed by atoms with Crippen molar-refractivity contribution in [1.29, 1.82) is 0 Å². The zero-order chi connectivity index (χ0) is 19.2. The molecule has 1 atom stereocenters. The molecule has 6 heteroatoms. The highest BCUT2D eigenvalue weighted by molar-refractivity contribution is 5.94. The van der Waals surface area contributed by atoms with Crippen LogP contribution in [0.15, 0.2) is 48.7 Å². The monoisotopic (exact) mass is 381 g/mol. The molecule has 0 spiro atoms. The molecular weight excluding hydrogens is 354 g/mol. The molecule has 0 aliphatic carbocycles. The summed E-state index contributed by atoms with van der Waals surface area (Å²) in [5, 5.41) is 3.01. The first-order valence-electron chi connectivity index (χ1n) is 10.0. The summed E-state index contributed by atoms with van der Waals surface area (Å²) in [7, 11) is 0. The number of pyridine rings is 1. The molecule has 6 nitrogen and oxygen atoms in total. The number of amides is 1. The van der Waals surface area contributed by atoms with Crippen molar-refractivity contribution in [2.75, 3.05) is 26.3 Å². The van der Waals surface area contributed by atoms with E-state index in [1.807, 2.05) is 42.6 Å². The number of hydrogen-bond donors (Lipinski definition) is 1. The lowest BCUT2D eigenvalue weighted by Gasteiger charge is -2.31. The molecule has 1 aromatic heterocycles. The van der Waals surface area contributed by atoms with Crippen LogP contribution in [0.25, 0.3) is 0 Å². The standard InChI is InChI=1S/C22H27N3O3/c26-22(24-19-10-14-27-16-19)17-4-6-20(7-5-17)28-21-8-12-25(13-9-21)15-18-3-1-2-11-23-18/h1-7,11,19,21H,8-10,12-16H2,(H,24,26)/t19-/m1/s1. The van der Waals surface area contributed by atoms with E-state index in [0.717, 1.165) is 56.9 Å². The Morgan fingerprint density at radius 1 is 1.14 bits per heavy atom. The number of benzene rings is 1. The second-order valence-electron chi connectivity index (χ2n) is 7.47. The lowest BCUT2D eigenvalue weighted by Crippen LogP contribution is -2.38. The maximum Gasteiger partial charge on any atom is 0.251 e. The number of piperidine rings is 1. The Morgan fingerprint density at radius 2 is 1.96 bits per heavy atom. The Kier molecular flexibility index (Phi) is 6.19. The van der Waals surface area contributed by atoms with Gasteiger partial charge < -0.3 is 14.8 Å². The van der Waals surface area contributed by atoms with Gasteiger partial charge in [-0.3, -0.25) is 14.7 Å². The third-order valence-corrected chi connectivity index (χ3v) is 5.33. The predicted octanol–water partition coefficient (Wildman–Crippen LogP) is 2.64. The number of rotatable bonds is 6. The van der Waals surface area contributed by atoms with Crippen molar-refractivity contribution in [1.82, 2.24) is 15.2 Å². The molecule has 1 aromatic carbocycles. The number of ether oxygens (including phenoxy) is 2. The van der Waals surface area contributed by atoms with Gasteiger partial charge >= 0.3 is 0 Å². The minimum absolute atomic E-state index is 0.0510. The van der Waals surface area contributed by atoms with Gasteiger partial charge in [-0.15, -0.1) is 0 Å². The Labute approximate surface area is 165 Å². The van der Waals surface area contributed by atoms with Gasteiger partial charge in [0.2, 0.25) is 0 Å². The summed E-state index contributed by atoms with van der Waals surface area (Å²) >= 11 is 0. The Hall–Kier alpha value is -2.44. The van der Waals surface area contributed by atoms with E-state index >= 15 is 0 Å². The number of likely N-dealkylation sites (tertiary alicyclic amines) is 1. The van der Waals surface area contributed by atoms with Gasteiger partial charge in [-0.05, 0) is 55.7 Å². The second-order valence-corrected chi connectivity index (χ2v) is 7.47. The number of carbonyl (C=O) groups excluding carboxylic acids is 1. The quantitative estimate of drug-likeness (QED) is 0.833. The van der Waals surface area contributed by atoms with E-state index in [-0.39, 0.29) is 18.1 Å². The number of carbonyl (C=O) groups is 1. The third kappa shape index (κ3) is 5.09. The topological polar surface area (TPSA) is 63.7 Å². The van der Waals surface area contributed by atoms with Crippen molar-refractivity contribution >= 4 is 5.91 Å². The highest BCUT2D eigenvalue weighted by Gasteiger charge is 2.21. The Morgan fingerprint density at radius 3 is 2.64 bits per heavy atom. The molecule has 1 amide bonds. The van der Waals surface area contributed by atoms with Gasteiger partial charge in [0, 0.05) is 38.0 Å². The number of hydrogen-bond acceptors (Lipinski definition) is 5. The van der Waals surface area contributed by atoms with Gasteiger partial charge in [0.05, 0.1) is 18.3 Å². The highest BCUT2D eigenvalue weighted by Crippen LogP contribution is 2.20. The van der Waals surface area contributed by atoms with Crippen molar-refractivity contribution in [2.24, 2.45) is 0 Å². The Bertz CT molecular complexity index is 752. The highest BCUT2D eigenvalue weighted by atomic mass is 16.5. The summed E-state index contributed by atoms with van der Waals surface area (Å²) < 4.78 is 11.4. The first-order chi connectivity index (χ1) is 13.8. The molecule has 28 heavy (non-hydrogen) atoms. The smallest absolute Gasteiger partial charge is 0.251 e. The summed E-state index contributed by atoms with van der Waals surface area (Å²) in [6.07, 6.45) is 4.94. The van der Waals surface area contributed by atoms with Crippen molar-refractivity contribution in [3.8, 4) is 5.75 Å². The van der Waals surface area contributed by atoms with Crippen LogP contribution in [0.2, 0.25) is 0 Å². The molecule has 0 unspecified atom stereocenters. The average Bonchev–Trinajstić information content (AvgIpc) is 3.24. The van der Waals surface area contributed by atoms with Crippen LogP contribution in [0.1, 0.15) is 35.3 Å². The van der Waals surface area contributed by atoms with Crippen molar-refractivity contribution < 1.29 is 14.3 Å². The van der Waals surface area contributed by atoms with Gasteiger partial charge in [-0.25, -0.2) is 0 Å². The molecule has 3 heterocycles. The van der Waals surface area contributed by atoms with E-state index < -0.39 is 0 Å². The van der Waals surface area contributed by atoms with Crippen molar-refractivity contribution in [3.05, 3.63) is 59.9 Å². The first kappa shape index (κ1) is 18.9. The fraction of sp³-hybridized carbons (Fsp3) is 0.455. The molecule has 4 rings (SSSR count). The Balaban J connectivity index is 1.23. The van der Waals surface area contributed by atoms with E-state index in [2.05, 4.69) is 21.3 Å². The molecule has 2 fully saturated rings. The van der Waals surface area contributed by atoms with E-state index in [9.17, 15) is 4.79 Å². The predicted molar refractivity (Wildman–Crippen MR) is 106 cm³/mol. The van der Waals surface area contributed by atoms with Crippen LogP contribution in [0.3, 0.4) is 0 Å².